The number of para-hydroxylation sites is 1. The highest BCUT2D eigenvalue weighted by molar-refractivity contribution is 5.96. The fraction of sp³-hybridized carbons (Fsp3) is 0.143. The first kappa shape index (κ1) is 16.1. The van der Waals surface area contributed by atoms with Gasteiger partial charge in [-0.05, 0) is 42.7 Å². The number of aryl methyl sites for hydroxylation is 2. The third-order valence-electron chi connectivity index (χ3n) is 4.61. The minimum Gasteiger partial charge on any atom is -0.451 e. The van der Waals surface area contributed by atoms with Gasteiger partial charge in [-0.3, -0.25) is 4.79 Å². The summed E-state index contributed by atoms with van der Waals surface area (Å²) < 4.78 is 10.9. The molecular weight excluding hydrogens is 330 g/mol. The highest BCUT2D eigenvalue weighted by Crippen LogP contribution is 2.23. The molecule has 0 aliphatic rings. The number of rotatable bonds is 3. The van der Waals surface area contributed by atoms with Crippen molar-refractivity contribution in [2.24, 2.45) is 0 Å². The number of fused-ring (bicyclic) bond motifs is 2. The summed E-state index contributed by atoms with van der Waals surface area (Å²) >= 11 is 0. The SMILES string of the molecule is Cc1ccc2c(CNC(=O)c3cc4ccccc4o3)cc(=O)oc2c1C. The standard InChI is InChI=1S/C21H17NO4/c1-12-7-8-16-15(10-19(23)26-20(16)13(12)2)11-22-21(24)18-9-14-5-3-4-6-17(14)25-18/h3-10H,11H2,1-2H3,(H,22,24). The molecule has 0 radical (unpaired) electrons. The fourth-order valence-electron chi connectivity index (χ4n) is 3.03. The number of carbonyl (C=O) groups is 1. The summed E-state index contributed by atoms with van der Waals surface area (Å²) in [5.74, 6) is -0.0862. The molecule has 2 aromatic carbocycles. The van der Waals surface area contributed by atoms with Gasteiger partial charge >= 0.3 is 5.63 Å². The smallest absolute Gasteiger partial charge is 0.336 e. The Kier molecular flexibility index (Phi) is 3.84. The summed E-state index contributed by atoms with van der Waals surface area (Å²) in [6.45, 7) is 4.09. The lowest BCUT2D eigenvalue weighted by Crippen LogP contribution is -2.23. The van der Waals surface area contributed by atoms with Crippen molar-refractivity contribution < 1.29 is 13.6 Å². The van der Waals surface area contributed by atoms with Crippen molar-refractivity contribution in [1.29, 1.82) is 0 Å². The van der Waals surface area contributed by atoms with Crippen molar-refractivity contribution in [2.75, 3.05) is 0 Å². The van der Waals surface area contributed by atoms with E-state index in [0.29, 0.717) is 16.7 Å². The van der Waals surface area contributed by atoms with Crippen molar-refractivity contribution in [3.05, 3.63) is 81.4 Å². The predicted octanol–water partition coefficient (Wildman–Crippen LogP) is 4.09. The largest absolute Gasteiger partial charge is 0.451 e. The van der Waals surface area contributed by atoms with Gasteiger partial charge in [-0.2, -0.15) is 0 Å². The minimum atomic E-state index is -0.431. The molecule has 2 aromatic heterocycles. The average Bonchev–Trinajstić information content (AvgIpc) is 3.07. The number of hydrogen-bond donors (Lipinski definition) is 1. The summed E-state index contributed by atoms with van der Waals surface area (Å²) in [6, 6.07) is 14.4. The number of nitrogens with one attached hydrogen (secondary N) is 1. The van der Waals surface area contributed by atoms with Crippen LogP contribution in [0.3, 0.4) is 0 Å². The van der Waals surface area contributed by atoms with Crippen molar-refractivity contribution in [1.82, 2.24) is 5.32 Å². The minimum absolute atomic E-state index is 0.209. The maximum Gasteiger partial charge on any atom is 0.336 e. The van der Waals surface area contributed by atoms with Gasteiger partial charge in [-0.25, -0.2) is 4.79 Å². The Morgan fingerprint density at radius 3 is 2.65 bits per heavy atom. The van der Waals surface area contributed by atoms with Crippen molar-refractivity contribution >= 4 is 27.8 Å². The molecule has 1 amide bonds. The second-order valence-corrected chi connectivity index (χ2v) is 6.31. The van der Waals surface area contributed by atoms with Crippen LogP contribution in [-0.2, 0) is 6.54 Å². The zero-order valence-corrected chi connectivity index (χ0v) is 14.5. The van der Waals surface area contributed by atoms with E-state index in [1.165, 1.54) is 6.07 Å². The molecule has 4 rings (SSSR count). The molecule has 0 spiro atoms. The van der Waals surface area contributed by atoms with Gasteiger partial charge in [-0.1, -0.05) is 30.3 Å². The number of benzene rings is 2. The van der Waals surface area contributed by atoms with Gasteiger partial charge in [0.1, 0.15) is 11.2 Å². The summed E-state index contributed by atoms with van der Waals surface area (Å²) in [4.78, 5) is 24.3. The Morgan fingerprint density at radius 2 is 1.85 bits per heavy atom. The van der Waals surface area contributed by atoms with Crippen LogP contribution in [0.4, 0.5) is 0 Å². The maximum absolute atomic E-state index is 12.4. The van der Waals surface area contributed by atoms with E-state index in [4.69, 9.17) is 8.83 Å². The van der Waals surface area contributed by atoms with Crippen LogP contribution in [0.25, 0.3) is 21.9 Å². The molecule has 5 heteroatoms. The van der Waals surface area contributed by atoms with Gasteiger partial charge in [0.25, 0.3) is 5.91 Å². The third kappa shape index (κ3) is 2.77. The molecule has 26 heavy (non-hydrogen) atoms. The Hall–Kier alpha value is -3.34. The molecular formula is C21H17NO4. The van der Waals surface area contributed by atoms with E-state index in [0.717, 1.165) is 21.9 Å². The first-order valence-corrected chi connectivity index (χ1v) is 8.32. The van der Waals surface area contributed by atoms with Crippen LogP contribution in [0.15, 0.2) is 62.2 Å². The van der Waals surface area contributed by atoms with Crippen LogP contribution in [0.2, 0.25) is 0 Å². The molecule has 0 saturated carbocycles. The Morgan fingerprint density at radius 1 is 1.04 bits per heavy atom. The molecule has 0 aliphatic carbocycles. The van der Waals surface area contributed by atoms with E-state index >= 15 is 0 Å². The lowest BCUT2D eigenvalue weighted by molar-refractivity contribution is 0.0925. The normalized spacial score (nSPS) is 11.2. The molecule has 0 fully saturated rings. The van der Waals surface area contributed by atoms with E-state index in [9.17, 15) is 9.59 Å². The van der Waals surface area contributed by atoms with Gasteiger partial charge in [0, 0.05) is 23.4 Å². The van der Waals surface area contributed by atoms with Crippen LogP contribution in [-0.4, -0.2) is 5.91 Å². The van der Waals surface area contributed by atoms with Crippen LogP contribution >= 0.6 is 0 Å². The Balaban J connectivity index is 1.64. The number of amides is 1. The number of carbonyl (C=O) groups excluding carboxylic acids is 1. The molecule has 0 unspecified atom stereocenters. The molecule has 0 saturated heterocycles. The molecule has 0 bridgehead atoms. The Bertz CT molecular complexity index is 1170. The number of furan rings is 1. The highest BCUT2D eigenvalue weighted by atomic mass is 16.4. The van der Waals surface area contributed by atoms with Gasteiger partial charge in [-0.15, -0.1) is 0 Å². The summed E-state index contributed by atoms with van der Waals surface area (Å²) in [6.07, 6.45) is 0. The second-order valence-electron chi connectivity index (χ2n) is 6.31. The van der Waals surface area contributed by atoms with E-state index < -0.39 is 5.63 Å². The van der Waals surface area contributed by atoms with E-state index in [1.807, 2.05) is 50.2 Å². The Labute approximate surface area is 149 Å². The summed E-state index contributed by atoms with van der Waals surface area (Å²) in [5, 5.41) is 4.50. The van der Waals surface area contributed by atoms with Gasteiger partial charge in [0.05, 0.1) is 0 Å². The van der Waals surface area contributed by atoms with Crippen LogP contribution in [0.5, 0.6) is 0 Å². The summed E-state index contributed by atoms with van der Waals surface area (Å²) in [5.41, 5.74) is 3.47. The second kappa shape index (κ2) is 6.19. The van der Waals surface area contributed by atoms with Crippen molar-refractivity contribution in [2.45, 2.75) is 20.4 Å². The zero-order chi connectivity index (χ0) is 18.3. The highest BCUT2D eigenvalue weighted by Gasteiger charge is 2.14. The lowest BCUT2D eigenvalue weighted by Gasteiger charge is -2.09. The van der Waals surface area contributed by atoms with Gasteiger partial charge < -0.3 is 14.2 Å². The van der Waals surface area contributed by atoms with E-state index in [1.54, 1.807) is 6.07 Å². The molecule has 0 atom stereocenters. The summed E-state index contributed by atoms with van der Waals surface area (Å²) in [7, 11) is 0. The first-order chi connectivity index (χ1) is 12.5. The predicted molar refractivity (Wildman–Crippen MR) is 99.3 cm³/mol. The van der Waals surface area contributed by atoms with Gasteiger partial charge in [0.15, 0.2) is 5.76 Å². The zero-order valence-electron chi connectivity index (χ0n) is 14.5. The molecule has 0 aliphatic heterocycles. The first-order valence-electron chi connectivity index (χ1n) is 8.32. The monoisotopic (exact) mass is 347 g/mol. The van der Waals surface area contributed by atoms with Gasteiger partial charge in [0.2, 0.25) is 0 Å². The third-order valence-corrected chi connectivity index (χ3v) is 4.61. The molecule has 2 heterocycles. The van der Waals surface area contributed by atoms with Crippen LogP contribution < -0.4 is 10.9 Å². The lowest BCUT2D eigenvalue weighted by atomic mass is 10.0. The van der Waals surface area contributed by atoms with Crippen LogP contribution in [0.1, 0.15) is 27.2 Å². The quantitative estimate of drug-likeness (QED) is 0.567. The maximum atomic E-state index is 12.4. The van der Waals surface area contributed by atoms with Crippen molar-refractivity contribution in [3.63, 3.8) is 0 Å². The molecule has 4 aromatic rings. The fourth-order valence-corrected chi connectivity index (χ4v) is 3.03. The van der Waals surface area contributed by atoms with E-state index in [2.05, 4.69) is 5.32 Å². The van der Waals surface area contributed by atoms with E-state index in [-0.39, 0.29) is 18.2 Å². The molecule has 130 valence electrons. The van der Waals surface area contributed by atoms with Crippen molar-refractivity contribution in [3.8, 4) is 0 Å². The number of hydrogen-bond acceptors (Lipinski definition) is 4. The average molecular weight is 347 g/mol. The molecule has 5 nitrogen and oxygen atoms in total. The topological polar surface area (TPSA) is 72.5 Å². The van der Waals surface area contributed by atoms with Crippen LogP contribution in [0, 0.1) is 13.8 Å². The molecule has 1 N–H and O–H groups in total.